The molecule has 0 aromatic heterocycles. The zero-order valence-corrected chi connectivity index (χ0v) is 22.6. The van der Waals surface area contributed by atoms with Gasteiger partial charge in [0.1, 0.15) is 0 Å². The topological polar surface area (TPSA) is 38.8 Å². The maximum Gasteiger partial charge on any atom is 0.225 e. The molecule has 0 aromatic carbocycles. The van der Waals surface area contributed by atoms with E-state index in [-0.39, 0.29) is 27.7 Å². The van der Waals surface area contributed by atoms with Crippen molar-refractivity contribution in [1.29, 1.82) is 0 Å². The molecule has 1 atom stereocenters. The standard InChI is InChI=1S/C22H45NO3S.C2H6/c1-17(27)14-20(5,6)23(16-19(2,3)4)18(24)15-22(9,10)26-13-12-21(7,8)25-11;1-2/h17,27H,12-16H2,1-11H3;1-2H3. The van der Waals surface area contributed by atoms with Crippen LogP contribution < -0.4 is 0 Å². The fourth-order valence-electron chi connectivity index (χ4n) is 3.13. The lowest BCUT2D eigenvalue weighted by Gasteiger charge is -2.44. The molecular formula is C24H51NO3S. The van der Waals surface area contributed by atoms with Gasteiger partial charge in [0.15, 0.2) is 0 Å². The molecule has 0 saturated heterocycles. The molecule has 4 nitrogen and oxygen atoms in total. The van der Waals surface area contributed by atoms with Gasteiger partial charge < -0.3 is 14.4 Å². The highest BCUT2D eigenvalue weighted by molar-refractivity contribution is 7.80. The molecule has 0 aromatic rings. The van der Waals surface area contributed by atoms with E-state index < -0.39 is 5.60 Å². The van der Waals surface area contributed by atoms with Crippen LogP contribution in [0.15, 0.2) is 0 Å². The smallest absolute Gasteiger partial charge is 0.225 e. The van der Waals surface area contributed by atoms with Crippen molar-refractivity contribution >= 4 is 18.5 Å². The van der Waals surface area contributed by atoms with Gasteiger partial charge in [-0.05, 0) is 59.8 Å². The molecule has 0 aliphatic heterocycles. The van der Waals surface area contributed by atoms with Crippen molar-refractivity contribution in [2.75, 3.05) is 20.3 Å². The van der Waals surface area contributed by atoms with Gasteiger partial charge in [-0.2, -0.15) is 12.6 Å². The zero-order valence-electron chi connectivity index (χ0n) is 21.7. The Kier molecular flexibility index (Phi) is 13.4. The van der Waals surface area contributed by atoms with Gasteiger partial charge in [0.2, 0.25) is 5.91 Å². The Balaban J connectivity index is 0. The highest BCUT2D eigenvalue weighted by Gasteiger charge is 2.37. The molecule has 0 aliphatic carbocycles. The minimum absolute atomic E-state index is 0.0280. The molecule has 0 saturated carbocycles. The molecule has 5 heteroatoms. The SMILES string of the molecule is CC.COC(C)(C)CCOC(C)(C)CC(=O)N(CC(C)(C)C)C(C)(C)CC(C)S. The maximum atomic E-state index is 13.3. The van der Waals surface area contributed by atoms with Crippen LogP contribution in [0.2, 0.25) is 0 Å². The number of carbonyl (C=O) groups is 1. The molecule has 0 fully saturated rings. The minimum Gasteiger partial charge on any atom is -0.379 e. The molecule has 0 heterocycles. The van der Waals surface area contributed by atoms with Gasteiger partial charge in [-0.15, -0.1) is 0 Å². The third kappa shape index (κ3) is 14.4. The molecule has 0 rings (SSSR count). The number of hydrogen-bond donors (Lipinski definition) is 1. The number of ether oxygens (including phenoxy) is 2. The predicted molar refractivity (Wildman–Crippen MR) is 130 cm³/mol. The van der Waals surface area contributed by atoms with Gasteiger partial charge in [0.05, 0.1) is 24.2 Å². The van der Waals surface area contributed by atoms with Gasteiger partial charge in [-0.3, -0.25) is 4.79 Å². The van der Waals surface area contributed by atoms with Gasteiger partial charge in [-0.25, -0.2) is 0 Å². The molecule has 0 bridgehead atoms. The van der Waals surface area contributed by atoms with Crippen LogP contribution in [0, 0.1) is 5.41 Å². The average Bonchev–Trinajstić information content (AvgIpc) is 2.51. The van der Waals surface area contributed by atoms with E-state index in [0.717, 1.165) is 12.8 Å². The predicted octanol–water partition coefficient (Wildman–Crippen LogP) is 6.37. The van der Waals surface area contributed by atoms with E-state index in [1.807, 2.05) is 46.4 Å². The lowest BCUT2D eigenvalue weighted by molar-refractivity contribution is -0.146. The Morgan fingerprint density at radius 3 is 1.83 bits per heavy atom. The summed E-state index contributed by atoms with van der Waals surface area (Å²) in [5, 5.41) is 0.232. The van der Waals surface area contributed by atoms with Crippen molar-refractivity contribution in [3.8, 4) is 0 Å². The molecule has 1 unspecified atom stereocenters. The summed E-state index contributed by atoms with van der Waals surface area (Å²) in [4.78, 5) is 15.3. The maximum absolute atomic E-state index is 13.3. The van der Waals surface area contributed by atoms with E-state index in [2.05, 4.69) is 54.2 Å². The Morgan fingerprint density at radius 2 is 1.45 bits per heavy atom. The highest BCUT2D eigenvalue weighted by Crippen LogP contribution is 2.30. The van der Waals surface area contributed by atoms with Crippen LogP contribution in [0.3, 0.4) is 0 Å². The number of hydrogen-bond acceptors (Lipinski definition) is 4. The molecule has 176 valence electrons. The summed E-state index contributed by atoms with van der Waals surface area (Å²) in [5.41, 5.74) is -0.956. The second-order valence-corrected chi connectivity index (χ2v) is 11.8. The van der Waals surface area contributed by atoms with Crippen LogP contribution in [0.4, 0.5) is 0 Å². The Hall–Kier alpha value is -0.260. The summed E-state index contributed by atoms with van der Waals surface area (Å²) >= 11 is 4.56. The number of carbonyl (C=O) groups excluding carboxylic acids is 1. The van der Waals surface area contributed by atoms with Crippen LogP contribution in [0.5, 0.6) is 0 Å². The van der Waals surface area contributed by atoms with Crippen molar-refractivity contribution in [3.63, 3.8) is 0 Å². The third-order valence-corrected chi connectivity index (χ3v) is 4.97. The first-order valence-corrected chi connectivity index (χ1v) is 11.6. The van der Waals surface area contributed by atoms with Crippen LogP contribution in [0.1, 0.15) is 102 Å². The normalized spacial score (nSPS) is 14.1. The number of nitrogens with zero attached hydrogens (tertiary/aromatic N) is 1. The van der Waals surface area contributed by atoms with Crippen molar-refractivity contribution < 1.29 is 14.3 Å². The van der Waals surface area contributed by atoms with Gasteiger partial charge in [-0.1, -0.05) is 41.5 Å². The van der Waals surface area contributed by atoms with Crippen LogP contribution >= 0.6 is 12.6 Å². The number of rotatable bonds is 11. The first-order chi connectivity index (χ1) is 12.9. The number of thiol groups is 1. The highest BCUT2D eigenvalue weighted by atomic mass is 32.1. The lowest BCUT2D eigenvalue weighted by Crippen LogP contribution is -2.53. The average molecular weight is 434 g/mol. The molecule has 0 N–H and O–H groups in total. The van der Waals surface area contributed by atoms with Gasteiger partial charge in [0.25, 0.3) is 0 Å². The number of amides is 1. The quantitative estimate of drug-likeness (QED) is 0.384. The summed E-state index contributed by atoms with van der Waals surface area (Å²) in [6.07, 6.45) is 2.00. The Morgan fingerprint density at radius 1 is 0.966 bits per heavy atom. The fraction of sp³-hybridized carbons (Fsp3) is 0.958. The second kappa shape index (κ2) is 12.6. The molecule has 29 heavy (non-hydrogen) atoms. The largest absolute Gasteiger partial charge is 0.379 e. The van der Waals surface area contributed by atoms with Crippen LogP contribution in [-0.4, -0.2) is 53.1 Å². The Labute approximate surface area is 187 Å². The van der Waals surface area contributed by atoms with E-state index in [4.69, 9.17) is 9.47 Å². The summed E-state index contributed by atoms with van der Waals surface area (Å²) in [6, 6.07) is 0. The monoisotopic (exact) mass is 433 g/mol. The Bertz CT molecular complexity index is 465. The number of methoxy groups -OCH3 is 1. The summed E-state index contributed by atoms with van der Waals surface area (Å²) < 4.78 is 11.5. The third-order valence-electron chi connectivity index (χ3n) is 4.79. The van der Waals surface area contributed by atoms with Crippen LogP contribution in [0.25, 0.3) is 0 Å². The van der Waals surface area contributed by atoms with Gasteiger partial charge >= 0.3 is 0 Å². The molecule has 0 radical (unpaired) electrons. The van der Waals surface area contributed by atoms with Crippen molar-refractivity contribution in [2.24, 2.45) is 5.41 Å². The van der Waals surface area contributed by atoms with E-state index in [1.54, 1.807) is 7.11 Å². The van der Waals surface area contributed by atoms with Gasteiger partial charge in [0, 0.05) is 24.4 Å². The van der Waals surface area contributed by atoms with Crippen molar-refractivity contribution in [2.45, 2.75) is 124 Å². The van der Waals surface area contributed by atoms with E-state index >= 15 is 0 Å². The van der Waals surface area contributed by atoms with E-state index in [9.17, 15) is 4.79 Å². The summed E-state index contributed by atoms with van der Waals surface area (Å²) in [6.45, 7) is 26.2. The molecule has 1 amide bonds. The van der Waals surface area contributed by atoms with Crippen LogP contribution in [-0.2, 0) is 14.3 Å². The molecular weight excluding hydrogens is 382 g/mol. The minimum atomic E-state index is -0.514. The van der Waals surface area contributed by atoms with Crippen molar-refractivity contribution in [1.82, 2.24) is 4.90 Å². The molecule has 0 aliphatic rings. The first kappa shape index (κ1) is 30.9. The van der Waals surface area contributed by atoms with E-state index in [0.29, 0.717) is 19.6 Å². The van der Waals surface area contributed by atoms with E-state index in [1.165, 1.54) is 0 Å². The summed E-state index contributed by atoms with van der Waals surface area (Å²) in [5.74, 6) is 0.139. The summed E-state index contributed by atoms with van der Waals surface area (Å²) in [7, 11) is 1.71. The van der Waals surface area contributed by atoms with Crippen molar-refractivity contribution in [3.05, 3.63) is 0 Å². The fourth-order valence-corrected chi connectivity index (χ4v) is 3.58. The molecule has 0 spiro atoms. The lowest BCUT2D eigenvalue weighted by atomic mass is 9.88. The first-order valence-electron chi connectivity index (χ1n) is 11.1. The zero-order chi connectivity index (χ0) is 23.7. The second-order valence-electron chi connectivity index (χ2n) is 10.9.